The molecule has 3 aromatic carbocycles. The van der Waals surface area contributed by atoms with Crippen LogP contribution >= 0.6 is 18.8 Å². The van der Waals surface area contributed by atoms with Crippen LogP contribution in [-0.2, 0) is 6.16 Å². The summed E-state index contributed by atoms with van der Waals surface area (Å²) in [4.78, 5) is 0. The lowest BCUT2D eigenvalue weighted by Crippen LogP contribution is -3.00. The van der Waals surface area contributed by atoms with Crippen molar-refractivity contribution in [3.05, 3.63) is 102 Å². The van der Waals surface area contributed by atoms with Crippen LogP contribution in [0.25, 0.3) is 0 Å². The summed E-state index contributed by atoms with van der Waals surface area (Å²) >= 11 is 1.42. The Bertz CT molecular complexity index is 820. The smallest absolute Gasteiger partial charge is 0.118 e. The number of aromatic nitrogens is 2. The van der Waals surface area contributed by atoms with Crippen LogP contribution in [0.1, 0.15) is 5.69 Å². The fraction of sp³-hybridized carbons (Fsp3) is 0.0476. The van der Waals surface area contributed by atoms with Gasteiger partial charge in [0.15, 0.2) is 0 Å². The van der Waals surface area contributed by atoms with Gasteiger partial charge in [0.05, 0.1) is 0 Å². The van der Waals surface area contributed by atoms with E-state index >= 15 is 0 Å². The summed E-state index contributed by atoms with van der Waals surface area (Å²) in [6.45, 7) is 0. The maximum atomic E-state index is 4.37. The average Bonchev–Trinajstić information content (AvgIpc) is 3.21. The first-order valence-corrected chi connectivity index (χ1v) is 11.0. The quantitative estimate of drug-likeness (QED) is 0.433. The minimum Gasteiger partial charge on any atom is -1.00 e. The van der Waals surface area contributed by atoms with E-state index in [4.69, 9.17) is 0 Å². The van der Waals surface area contributed by atoms with Crippen molar-refractivity contribution in [1.82, 2.24) is 9.59 Å². The van der Waals surface area contributed by atoms with E-state index in [9.17, 15) is 0 Å². The van der Waals surface area contributed by atoms with Crippen molar-refractivity contribution in [3.63, 3.8) is 0 Å². The topological polar surface area (TPSA) is 25.8 Å². The van der Waals surface area contributed by atoms with Crippen molar-refractivity contribution in [3.8, 4) is 0 Å². The Kier molecular flexibility index (Phi) is 6.31. The zero-order valence-electron chi connectivity index (χ0n) is 14.1. The molecule has 0 saturated carbocycles. The molecular formula is C21H18BrN2PS. The number of halogens is 1. The molecule has 0 atom stereocenters. The van der Waals surface area contributed by atoms with Gasteiger partial charge in [-0.2, -0.15) is 0 Å². The van der Waals surface area contributed by atoms with Crippen LogP contribution in [0.15, 0.2) is 96.4 Å². The minimum absolute atomic E-state index is 0. The van der Waals surface area contributed by atoms with E-state index in [1.807, 2.05) is 0 Å². The second kappa shape index (κ2) is 8.68. The van der Waals surface area contributed by atoms with E-state index in [1.54, 1.807) is 0 Å². The largest absolute Gasteiger partial charge is 1.00 e. The van der Waals surface area contributed by atoms with Gasteiger partial charge in [-0.25, -0.2) is 0 Å². The molecule has 0 spiro atoms. The van der Waals surface area contributed by atoms with E-state index in [1.165, 1.54) is 27.4 Å². The van der Waals surface area contributed by atoms with Gasteiger partial charge in [-0.05, 0) is 47.9 Å². The van der Waals surface area contributed by atoms with Gasteiger partial charge in [-0.1, -0.05) is 59.1 Å². The standard InChI is InChI=1S/C21H18N2PS.BrH/c1-4-10-19(11-5-1)24(16-18-17-25-23-22-18,20-12-6-2-7-13-20)21-14-8-3-9-15-21;/h1-15,17H,16H2;1H/q+1;/p-1. The molecule has 0 N–H and O–H groups in total. The fourth-order valence-electron chi connectivity index (χ4n) is 3.26. The second-order valence-electron chi connectivity index (χ2n) is 5.87. The number of nitrogens with zero attached hydrogens (tertiary/aromatic N) is 2. The Labute approximate surface area is 169 Å². The molecule has 1 heterocycles. The number of rotatable bonds is 5. The Hall–Kier alpha value is -1.87. The molecule has 0 saturated heterocycles. The van der Waals surface area contributed by atoms with Gasteiger partial charge in [-0.15, -0.1) is 5.10 Å². The zero-order valence-corrected chi connectivity index (χ0v) is 17.4. The molecule has 0 aliphatic rings. The molecule has 2 nitrogen and oxygen atoms in total. The van der Waals surface area contributed by atoms with Gasteiger partial charge in [0, 0.05) is 5.38 Å². The molecule has 0 amide bonds. The maximum absolute atomic E-state index is 4.37. The highest BCUT2D eigenvalue weighted by Crippen LogP contribution is 2.57. The molecule has 130 valence electrons. The molecule has 1 aromatic heterocycles. The van der Waals surface area contributed by atoms with Crippen LogP contribution < -0.4 is 32.9 Å². The monoisotopic (exact) mass is 440 g/mol. The van der Waals surface area contributed by atoms with Crippen LogP contribution in [0.2, 0.25) is 0 Å². The van der Waals surface area contributed by atoms with Gasteiger partial charge in [-0.3, -0.25) is 0 Å². The molecule has 0 aliphatic heterocycles. The summed E-state index contributed by atoms with van der Waals surface area (Å²) in [5.41, 5.74) is 1.06. The average molecular weight is 441 g/mol. The summed E-state index contributed by atoms with van der Waals surface area (Å²) in [6, 6.07) is 32.6. The molecule has 0 fully saturated rings. The second-order valence-corrected chi connectivity index (χ2v) is 9.97. The van der Waals surface area contributed by atoms with E-state index in [0.717, 1.165) is 11.9 Å². The maximum Gasteiger partial charge on any atom is 0.118 e. The Morgan fingerprint density at radius 1 is 0.654 bits per heavy atom. The Morgan fingerprint density at radius 3 is 1.42 bits per heavy atom. The molecule has 4 rings (SSSR count). The van der Waals surface area contributed by atoms with Crippen molar-refractivity contribution >= 4 is 34.7 Å². The predicted octanol–water partition coefficient (Wildman–Crippen LogP) is 1.04. The molecule has 0 bridgehead atoms. The van der Waals surface area contributed by atoms with Crippen molar-refractivity contribution in [1.29, 1.82) is 0 Å². The summed E-state index contributed by atoms with van der Waals surface area (Å²) in [6.07, 6.45) is 0.890. The van der Waals surface area contributed by atoms with Crippen molar-refractivity contribution in [2.45, 2.75) is 6.16 Å². The fourth-order valence-corrected chi connectivity index (χ4v) is 7.97. The summed E-state index contributed by atoms with van der Waals surface area (Å²) in [5, 5.41) is 10.6. The minimum atomic E-state index is -1.84. The predicted molar refractivity (Wildman–Crippen MR) is 109 cm³/mol. The number of benzene rings is 3. The van der Waals surface area contributed by atoms with E-state index in [2.05, 4.69) is 106 Å². The van der Waals surface area contributed by atoms with Gasteiger partial charge in [0.2, 0.25) is 0 Å². The molecule has 5 heteroatoms. The first-order chi connectivity index (χ1) is 12.4. The summed E-state index contributed by atoms with van der Waals surface area (Å²) < 4.78 is 4.10. The lowest BCUT2D eigenvalue weighted by Gasteiger charge is -2.26. The lowest BCUT2D eigenvalue weighted by molar-refractivity contribution is -0.00000493. The van der Waals surface area contributed by atoms with E-state index < -0.39 is 7.26 Å². The van der Waals surface area contributed by atoms with Crippen LogP contribution in [0.5, 0.6) is 0 Å². The third-order valence-electron chi connectivity index (χ3n) is 4.40. The zero-order chi connectivity index (χ0) is 17.0. The molecule has 0 aliphatic carbocycles. The number of hydrogen-bond acceptors (Lipinski definition) is 3. The lowest BCUT2D eigenvalue weighted by atomic mass is 10.4. The van der Waals surface area contributed by atoms with Crippen LogP contribution in [0.3, 0.4) is 0 Å². The first-order valence-electron chi connectivity index (χ1n) is 8.20. The summed E-state index contributed by atoms with van der Waals surface area (Å²) in [5.74, 6) is 0. The Morgan fingerprint density at radius 2 is 1.08 bits per heavy atom. The van der Waals surface area contributed by atoms with Crippen LogP contribution in [0, 0.1) is 0 Å². The molecule has 0 radical (unpaired) electrons. The van der Waals surface area contributed by atoms with Gasteiger partial charge in [0.25, 0.3) is 0 Å². The highest BCUT2D eigenvalue weighted by atomic mass is 79.9. The SMILES string of the molecule is [Br-].c1ccc([P+](Cc2csnn2)(c2ccccc2)c2ccccc2)cc1. The van der Waals surface area contributed by atoms with Crippen LogP contribution in [-0.4, -0.2) is 9.59 Å². The Balaban J connectivity index is 0.00000196. The van der Waals surface area contributed by atoms with E-state index in [-0.39, 0.29) is 17.0 Å². The highest BCUT2D eigenvalue weighted by Gasteiger charge is 2.45. The normalized spacial score (nSPS) is 10.9. The van der Waals surface area contributed by atoms with Crippen LogP contribution in [0.4, 0.5) is 0 Å². The molecule has 0 unspecified atom stereocenters. The van der Waals surface area contributed by atoms with Crippen molar-refractivity contribution in [2.24, 2.45) is 0 Å². The molecule has 26 heavy (non-hydrogen) atoms. The molecule has 4 aromatic rings. The third-order valence-corrected chi connectivity index (χ3v) is 9.29. The summed E-state index contributed by atoms with van der Waals surface area (Å²) in [7, 11) is -1.84. The first kappa shape index (κ1) is 18.9. The van der Waals surface area contributed by atoms with Gasteiger partial charge >= 0.3 is 0 Å². The number of hydrogen-bond donors (Lipinski definition) is 0. The van der Waals surface area contributed by atoms with E-state index in [0.29, 0.717) is 0 Å². The highest BCUT2D eigenvalue weighted by molar-refractivity contribution is 7.95. The van der Waals surface area contributed by atoms with Gasteiger partial charge in [0.1, 0.15) is 35.0 Å². The van der Waals surface area contributed by atoms with Crippen molar-refractivity contribution in [2.75, 3.05) is 0 Å². The molecular weight excluding hydrogens is 423 g/mol. The van der Waals surface area contributed by atoms with Crippen molar-refractivity contribution < 1.29 is 17.0 Å². The van der Waals surface area contributed by atoms with Gasteiger partial charge < -0.3 is 17.0 Å². The third kappa shape index (κ3) is 3.64.